The Morgan fingerprint density at radius 2 is 2.00 bits per heavy atom. The molecular formula is C23H20N4O6. The number of fused-ring (bicyclic) bond motifs is 1. The number of aryl methyl sites for hydroxylation is 1. The molecule has 0 unspecified atom stereocenters. The molecule has 0 fully saturated rings. The molecule has 33 heavy (non-hydrogen) atoms. The first-order valence-electron chi connectivity index (χ1n) is 10.3. The number of hydrogen-bond acceptors (Lipinski definition) is 8. The van der Waals surface area contributed by atoms with Crippen molar-refractivity contribution in [3.05, 3.63) is 70.3 Å². The van der Waals surface area contributed by atoms with Gasteiger partial charge in [0.2, 0.25) is 12.7 Å². The van der Waals surface area contributed by atoms with Crippen LogP contribution in [0.5, 0.6) is 11.5 Å². The van der Waals surface area contributed by atoms with E-state index in [1.807, 2.05) is 6.07 Å². The monoisotopic (exact) mass is 448 g/mol. The molecule has 1 aliphatic heterocycles. The first-order chi connectivity index (χ1) is 16.0. The Kier molecular flexibility index (Phi) is 5.17. The lowest BCUT2D eigenvalue weighted by Gasteiger charge is -2.16. The maximum Gasteiger partial charge on any atom is 0.268 e. The second kappa shape index (κ2) is 8.30. The maximum absolute atomic E-state index is 12.9. The normalized spacial score (nSPS) is 13.2. The van der Waals surface area contributed by atoms with E-state index in [-0.39, 0.29) is 19.2 Å². The summed E-state index contributed by atoms with van der Waals surface area (Å²) in [5.74, 6) is 1.75. The maximum atomic E-state index is 12.9. The number of aromatic nitrogens is 3. The molecule has 3 aromatic heterocycles. The summed E-state index contributed by atoms with van der Waals surface area (Å²) in [6, 6.07) is 11.1. The summed E-state index contributed by atoms with van der Waals surface area (Å²) in [6.07, 6.45) is 1.50. The molecule has 168 valence electrons. The van der Waals surface area contributed by atoms with Gasteiger partial charge in [-0.2, -0.15) is 5.10 Å². The van der Waals surface area contributed by atoms with E-state index in [1.54, 1.807) is 44.2 Å². The van der Waals surface area contributed by atoms with Gasteiger partial charge >= 0.3 is 0 Å². The fourth-order valence-electron chi connectivity index (χ4n) is 3.52. The van der Waals surface area contributed by atoms with Gasteiger partial charge in [-0.1, -0.05) is 11.2 Å². The molecule has 1 aliphatic rings. The molecule has 0 aliphatic carbocycles. The summed E-state index contributed by atoms with van der Waals surface area (Å²) < 4.78 is 22.6. The molecule has 0 bridgehead atoms. The molecule has 0 radical (unpaired) electrons. The first kappa shape index (κ1) is 20.6. The van der Waals surface area contributed by atoms with Crippen molar-refractivity contribution in [3.8, 4) is 34.3 Å². The molecule has 10 heteroatoms. The molecule has 1 amide bonds. The number of nitrogens with one attached hydrogen (secondary N) is 1. The molecule has 1 N–H and O–H groups in total. The fourth-order valence-corrected chi connectivity index (χ4v) is 3.52. The quantitative estimate of drug-likeness (QED) is 0.478. The van der Waals surface area contributed by atoms with Crippen LogP contribution >= 0.6 is 0 Å². The number of rotatable bonds is 6. The highest BCUT2D eigenvalue weighted by Gasteiger charge is 2.23. The van der Waals surface area contributed by atoms with Gasteiger partial charge in [0, 0.05) is 18.7 Å². The predicted octanol–water partition coefficient (Wildman–Crippen LogP) is 3.07. The summed E-state index contributed by atoms with van der Waals surface area (Å²) in [5.41, 5.74) is 1.84. The van der Waals surface area contributed by atoms with E-state index >= 15 is 0 Å². The molecule has 0 saturated heterocycles. The first-order valence-corrected chi connectivity index (χ1v) is 10.3. The van der Waals surface area contributed by atoms with E-state index in [2.05, 4.69) is 15.6 Å². The zero-order valence-electron chi connectivity index (χ0n) is 17.9. The van der Waals surface area contributed by atoms with Crippen molar-refractivity contribution >= 4 is 5.91 Å². The van der Waals surface area contributed by atoms with Crippen molar-refractivity contribution in [2.24, 2.45) is 0 Å². The summed E-state index contributed by atoms with van der Waals surface area (Å²) in [7, 11) is 0. The van der Waals surface area contributed by atoms with E-state index < -0.39 is 11.6 Å². The summed E-state index contributed by atoms with van der Waals surface area (Å²) in [6.45, 7) is 3.82. The number of benzene rings is 1. The third-order valence-corrected chi connectivity index (χ3v) is 5.25. The third kappa shape index (κ3) is 3.98. The molecule has 4 aromatic rings. The lowest BCUT2D eigenvalue weighted by atomic mass is 10.1. The number of carbonyl (C=O) groups excluding carboxylic acids is 1. The van der Waals surface area contributed by atoms with Gasteiger partial charge < -0.3 is 23.7 Å². The van der Waals surface area contributed by atoms with Gasteiger partial charge in [0.25, 0.3) is 5.56 Å². The van der Waals surface area contributed by atoms with Crippen LogP contribution in [0.1, 0.15) is 24.2 Å². The molecule has 4 heterocycles. The fraction of sp³-hybridized carbons (Fsp3) is 0.217. The van der Waals surface area contributed by atoms with Gasteiger partial charge in [-0.05, 0) is 43.7 Å². The van der Waals surface area contributed by atoms with Gasteiger partial charge in [0.1, 0.15) is 11.7 Å². The number of nitrogens with zero attached hydrogens (tertiary/aromatic N) is 3. The van der Waals surface area contributed by atoms with E-state index in [4.69, 9.17) is 18.4 Å². The minimum atomic E-state index is -0.870. The van der Waals surface area contributed by atoms with Crippen LogP contribution in [0.15, 0.2) is 62.5 Å². The third-order valence-electron chi connectivity index (χ3n) is 5.25. The average molecular weight is 448 g/mol. The zero-order valence-corrected chi connectivity index (χ0v) is 17.9. The van der Waals surface area contributed by atoms with Crippen LogP contribution in [0.2, 0.25) is 0 Å². The largest absolute Gasteiger partial charge is 0.463 e. The number of furan rings is 1. The van der Waals surface area contributed by atoms with Gasteiger partial charge in [0.05, 0.1) is 17.5 Å². The highest BCUT2D eigenvalue weighted by molar-refractivity contribution is 5.80. The van der Waals surface area contributed by atoms with E-state index in [0.29, 0.717) is 40.0 Å². The lowest BCUT2D eigenvalue weighted by molar-refractivity contribution is -0.124. The summed E-state index contributed by atoms with van der Waals surface area (Å²) >= 11 is 0. The van der Waals surface area contributed by atoms with Crippen molar-refractivity contribution in [1.29, 1.82) is 0 Å². The van der Waals surface area contributed by atoms with E-state index in [9.17, 15) is 9.59 Å². The van der Waals surface area contributed by atoms with Crippen molar-refractivity contribution < 1.29 is 23.2 Å². The minimum Gasteiger partial charge on any atom is -0.463 e. The Hall–Kier alpha value is -4.34. The highest BCUT2D eigenvalue weighted by atomic mass is 16.7. The van der Waals surface area contributed by atoms with Crippen LogP contribution in [0.25, 0.3) is 22.8 Å². The van der Waals surface area contributed by atoms with Crippen LogP contribution in [-0.2, 0) is 11.3 Å². The summed E-state index contributed by atoms with van der Waals surface area (Å²) in [4.78, 5) is 25.7. The Morgan fingerprint density at radius 3 is 2.76 bits per heavy atom. The van der Waals surface area contributed by atoms with Gasteiger partial charge in [-0.25, -0.2) is 4.68 Å². The highest BCUT2D eigenvalue weighted by Crippen LogP contribution is 2.33. The number of amides is 1. The van der Waals surface area contributed by atoms with Crippen molar-refractivity contribution in [1.82, 2.24) is 20.3 Å². The zero-order chi connectivity index (χ0) is 22.9. The second-order valence-electron chi connectivity index (χ2n) is 7.58. The van der Waals surface area contributed by atoms with Crippen molar-refractivity contribution in [2.75, 3.05) is 6.79 Å². The average Bonchev–Trinajstić information content (AvgIpc) is 3.58. The van der Waals surface area contributed by atoms with Crippen molar-refractivity contribution in [3.63, 3.8) is 0 Å². The molecule has 1 aromatic carbocycles. The lowest BCUT2D eigenvalue weighted by Crippen LogP contribution is -2.37. The Bertz CT molecular complexity index is 1370. The van der Waals surface area contributed by atoms with E-state index in [1.165, 1.54) is 12.3 Å². The molecule has 0 saturated carbocycles. The Morgan fingerprint density at radius 1 is 1.15 bits per heavy atom. The molecule has 10 nitrogen and oxygen atoms in total. The Balaban J connectivity index is 1.41. The van der Waals surface area contributed by atoms with Crippen molar-refractivity contribution in [2.45, 2.75) is 26.4 Å². The smallest absolute Gasteiger partial charge is 0.268 e. The van der Waals surface area contributed by atoms with Gasteiger partial charge in [-0.15, -0.1) is 0 Å². The Labute approximate surface area is 187 Å². The van der Waals surface area contributed by atoms with Crippen LogP contribution in [0.3, 0.4) is 0 Å². The predicted molar refractivity (Wildman–Crippen MR) is 116 cm³/mol. The molecular weight excluding hydrogens is 428 g/mol. The van der Waals surface area contributed by atoms with Crippen LogP contribution in [0, 0.1) is 6.92 Å². The number of carbonyl (C=O) groups is 1. The van der Waals surface area contributed by atoms with Crippen LogP contribution < -0.4 is 20.3 Å². The molecule has 1 atom stereocenters. The second-order valence-corrected chi connectivity index (χ2v) is 7.58. The summed E-state index contributed by atoms with van der Waals surface area (Å²) in [5, 5.41) is 11.2. The standard InChI is InChI=1S/C23H20N4O6/c1-13-8-19(33-26-13)16-10-21(28)27(25-22(16)18-4-3-7-30-18)14(2)23(29)24-11-15-5-6-17-20(9-15)32-12-31-17/h3-10,14H,11-12H2,1-2H3,(H,24,29)/t14-/m1/s1. The van der Waals surface area contributed by atoms with Crippen LogP contribution in [0.4, 0.5) is 0 Å². The topological polar surface area (TPSA) is 122 Å². The van der Waals surface area contributed by atoms with Gasteiger partial charge in [-0.3, -0.25) is 9.59 Å². The molecule has 5 rings (SSSR count). The van der Waals surface area contributed by atoms with Gasteiger partial charge in [0.15, 0.2) is 23.0 Å². The van der Waals surface area contributed by atoms with E-state index in [0.717, 1.165) is 10.2 Å². The minimum absolute atomic E-state index is 0.179. The number of hydrogen-bond donors (Lipinski definition) is 1. The number of ether oxygens (including phenoxy) is 2. The van der Waals surface area contributed by atoms with Crippen LogP contribution in [-0.4, -0.2) is 27.6 Å². The molecule has 0 spiro atoms. The SMILES string of the molecule is Cc1cc(-c2cc(=O)n([C@H](C)C(=O)NCc3ccc4c(c3)OCO4)nc2-c2ccco2)on1.